The lowest BCUT2D eigenvalue weighted by atomic mass is 10.2. The number of carbonyl (C=O) groups is 1. The van der Waals surface area contributed by atoms with Crippen LogP contribution in [-0.4, -0.2) is 23.1 Å². The number of esters is 1. The second-order valence-electron chi connectivity index (χ2n) is 7.27. The number of ether oxygens (including phenoxy) is 1. The van der Waals surface area contributed by atoms with E-state index in [1.54, 1.807) is 12.1 Å². The Hall–Kier alpha value is -3.24. The highest BCUT2D eigenvalue weighted by Crippen LogP contribution is 2.48. The highest BCUT2D eigenvalue weighted by molar-refractivity contribution is 7.52. The molecule has 0 aliphatic heterocycles. The normalized spacial score (nSPS) is 14.0. The third kappa shape index (κ3) is 5.45. The quantitative estimate of drug-likeness (QED) is 0.144. The summed E-state index contributed by atoms with van der Waals surface area (Å²) in [6.45, 7) is 4.25. The van der Waals surface area contributed by atoms with Gasteiger partial charge in [0, 0.05) is 11.6 Å². The van der Waals surface area contributed by atoms with E-state index in [0.717, 1.165) is 0 Å². The number of nitrogens with one attached hydrogen (secondary N) is 1. The van der Waals surface area contributed by atoms with Gasteiger partial charge in [0.2, 0.25) is 34.8 Å². The molecule has 0 saturated carbocycles. The largest absolute Gasteiger partial charge is 0.513 e. The molecule has 1 heterocycles. The highest BCUT2D eigenvalue weighted by Gasteiger charge is 2.38. The van der Waals surface area contributed by atoms with E-state index in [-0.39, 0.29) is 5.75 Å². The molecule has 0 aliphatic rings. The number of aromatic nitrogens is 1. The van der Waals surface area contributed by atoms with E-state index in [2.05, 4.69) is 10.1 Å². The van der Waals surface area contributed by atoms with E-state index in [4.69, 9.17) is 13.8 Å². The van der Waals surface area contributed by atoms with Gasteiger partial charge in [0.25, 0.3) is 0 Å². The molecule has 2 aromatic carbocycles. The molecule has 1 N–H and O–H groups in total. The smallest absolute Gasteiger partial charge is 0.462 e. The first kappa shape index (κ1) is 25.4. The fourth-order valence-electron chi connectivity index (χ4n) is 2.73. The van der Waals surface area contributed by atoms with Crippen molar-refractivity contribution in [3.63, 3.8) is 0 Å². The summed E-state index contributed by atoms with van der Waals surface area (Å²) in [6.07, 6.45) is 0.949. The number of hydrogen-bond donors (Lipinski definition) is 1. The third-order valence-corrected chi connectivity index (χ3v) is 5.82. The van der Waals surface area contributed by atoms with Crippen LogP contribution in [0.2, 0.25) is 0 Å². The van der Waals surface area contributed by atoms with E-state index < -0.39 is 60.7 Å². The van der Waals surface area contributed by atoms with Crippen molar-refractivity contribution in [1.29, 1.82) is 0 Å². The Labute approximate surface area is 190 Å². The molecule has 1 unspecified atom stereocenters. The standard InChI is InChI=1S/C21H18F5N2O5P/c1-10(2)31-21(29)11(3)28-34(30,32-13-6-7-14-12(9-13)5-4-8-27-14)33-20-18(25)16(23)15(22)17(24)19(20)26/h4-11H,1-3H3,(H,28,30)/t11-,34?/m0/s1. The Bertz CT molecular complexity index is 1260. The number of benzene rings is 2. The minimum atomic E-state index is -5.01. The van der Waals surface area contributed by atoms with Gasteiger partial charge in [0.15, 0.2) is 0 Å². The van der Waals surface area contributed by atoms with Crippen LogP contribution in [0.4, 0.5) is 22.0 Å². The zero-order valence-corrected chi connectivity index (χ0v) is 18.8. The lowest BCUT2D eigenvalue weighted by Crippen LogP contribution is -2.37. The van der Waals surface area contributed by atoms with Gasteiger partial charge >= 0.3 is 13.7 Å². The van der Waals surface area contributed by atoms with E-state index >= 15 is 0 Å². The number of rotatable bonds is 8. The van der Waals surface area contributed by atoms with Crippen LogP contribution in [0.15, 0.2) is 36.5 Å². The lowest BCUT2D eigenvalue weighted by Gasteiger charge is -2.24. The van der Waals surface area contributed by atoms with Crippen molar-refractivity contribution in [3.8, 4) is 11.5 Å². The second kappa shape index (κ2) is 9.94. The molecule has 13 heteroatoms. The van der Waals surface area contributed by atoms with Gasteiger partial charge in [0.05, 0.1) is 11.6 Å². The molecule has 7 nitrogen and oxygen atoms in total. The molecule has 0 amide bonds. The van der Waals surface area contributed by atoms with Crippen molar-refractivity contribution in [3.05, 3.63) is 65.6 Å². The number of nitrogens with zero attached hydrogens (tertiary/aromatic N) is 1. The summed E-state index contributed by atoms with van der Waals surface area (Å²) in [5.74, 6) is -14.8. The maximum Gasteiger partial charge on any atom is 0.513 e. The van der Waals surface area contributed by atoms with Gasteiger partial charge in [0.1, 0.15) is 11.8 Å². The lowest BCUT2D eigenvalue weighted by molar-refractivity contribution is -0.149. The molecule has 1 aromatic heterocycles. The summed E-state index contributed by atoms with van der Waals surface area (Å²) in [4.78, 5) is 16.2. The van der Waals surface area contributed by atoms with Crippen molar-refractivity contribution in [2.45, 2.75) is 32.9 Å². The van der Waals surface area contributed by atoms with Crippen molar-refractivity contribution in [2.75, 3.05) is 0 Å². The van der Waals surface area contributed by atoms with Gasteiger partial charge in [-0.05, 0) is 45.0 Å². The Balaban J connectivity index is 2.03. The van der Waals surface area contributed by atoms with Gasteiger partial charge in [-0.1, -0.05) is 6.07 Å². The minimum absolute atomic E-state index is 0.176. The van der Waals surface area contributed by atoms with Crippen LogP contribution in [0, 0.1) is 29.1 Å². The molecule has 3 aromatic rings. The molecule has 0 spiro atoms. The number of halogens is 5. The molecule has 182 valence electrons. The predicted octanol–water partition coefficient (Wildman–Crippen LogP) is 5.43. The van der Waals surface area contributed by atoms with Gasteiger partial charge in [-0.2, -0.15) is 13.9 Å². The Kier molecular flexibility index (Phi) is 7.42. The van der Waals surface area contributed by atoms with Gasteiger partial charge < -0.3 is 13.8 Å². The predicted molar refractivity (Wildman–Crippen MR) is 111 cm³/mol. The average molecular weight is 504 g/mol. The molecule has 34 heavy (non-hydrogen) atoms. The van der Waals surface area contributed by atoms with E-state index in [0.29, 0.717) is 10.9 Å². The second-order valence-corrected chi connectivity index (χ2v) is 8.89. The summed E-state index contributed by atoms with van der Waals surface area (Å²) in [5.41, 5.74) is 0.521. The first-order valence-electron chi connectivity index (χ1n) is 9.75. The summed E-state index contributed by atoms with van der Waals surface area (Å²) >= 11 is 0. The molecular formula is C21H18F5N2O5P. The zero-order chi connectivity index (χ0) is 25.2. The molecule has 0 aliphatic carbocycles. The third-order valence-electron chi connectivity index (χ3n) is 4.24. The van der Waals surface area contributed by atoms with Crippen LogP contribution < -0.4 is 14.1 Å². The van der Waals surface area contributed by atoms with E-state index in [9.17, 15) is 31.3 Å². The van der Waals surface area contributed by atoms with E-state index in [1.807, 2.05) is 0 Å². The van der Waals surface area contributed by atoms with Crippen molar-refractivity contribution in [2.24, 2.45) is 0 Å². The maximum atomic E-state index is 14.2. The van der Waals surface area contributed by atoms with Crippen LogP contribution in [0.1, 0.15) is 20.8 Å². The first-order valence-corrected chi connectivity index (χ1v) is 11.3. The van der Waals surface area contributed by atoms with Crippen molar-refractivity contribution in [1.82, 2.24) is 10.1 Å². The minimum Gasteiger partial charge on any atom is -0.462 e. The first-order chi connectivity index (χ1) is 15.9. The number of fused-ring (bicyclic) bond motifs is 1. The Morgan fingerprint density at radius 1 is 0.941 bits per heavy atom. The number of hydrogen-bond acceptors (Lipinski definition) is 6. The summed E-state index contributed by atoms with van der Waals surface area (Å²) in [5, 5.41) is 2.61. The molecule has 0 fully saturated rings. The fraction of sp³-hybridized carbons (Fsp3) is 0.238. The van der Waals surface area contributed by atoms with Crippen molar-refractivity contribution >= 4 is 24.6 Å². The van der Waals surface area contributed by atoms with Crippen molar-refractivity contribution < 1.29 is 45.1 Å². The number of carbonyl (C=O) groups excluding carboxylic acids is 1. The van der Waals surface area contributed by atoms with Crippen LogP contribution in [0.5, 0.6) is 11.5 Å². The van der Waals surface area contributed by atoms with Crippen LogP contribution >= 0.6 is 7.75 Å². The van der Waals surface area contributed by atoms with E-state index in [1.165, 1.54) is 45.2 Å². The summed E-state index contributed by atoms with van der Waals surface area (Å²) in [6, 6.07) is 5.87. The molecule has 0 saturated heterocycles. The average Bonchev–Trinajstić information content (AvgIpc) is 2.78. The van der Waals surface area contributed by atoms with Gasteiger partial charge in [-0.15, -0.1) is 0 Å². The Morgan fingerprint density at radius 3 is 2.18 bits per heavy atom. The molecule has 3 rings (SSSR count). The topological polar surface area (TPSA) is 86.8 Å². The maximum absolute atomic E-state index is 14.2. The van der Waals surface area contributed by atoms with Crippen LogP contribution in [0.25, 0.3) is 10.9 Å². The number of pyridine rings is 1. The molecule has 0 bridgehead atoms. The Morgan fingerprint density at radius 2 is 1.56 bits per heavy atom. The SMILES string of the molecule is CC(C)OC(=O)[C@H](C)NP(=O)(Oc1ccc2ncccc2c1)Oc1c(F)c(F)c(F)c(F)c1F. The summed E-state index contributed by atoms with van der Waals surface area (Å²) < 4.78 is 97.5. The summed E-state index contributed by atoms with van der Waals surface area (Å²) in [7, 11) is -5.01. The monoisotopic (exact) mass is 504 g/mol. The molecular weight excluding hydrogens is 486 g/mol. The highest BCUT2D eigenvalue weighted by atomic mass is 31.2. The fourth-order valence-corrected chi connectivity index (χ4v) is 4.24. The van der Waals surface area contributed by atoms with Crippen LogP contribution in [-0.2, 0) is 14.1 Å². The molecule has 0 radical (unpaired) electrons. The zero-order valence-electron chi connectivity index (χ0n) is 17.9. The van der Waals surface area contributed by atoms with Crippen LogP contribution in [0.3, 0.4) is 0 Å². The molecule has 2 atom stereocenters. The van der Waals surface area contributed by atoms with Gasteiger partial charge in [-0.25, -0.2) is 17.7 Å². The van der Waals surface area contributed by atoms with Gasteiger partial charge in [-0.3, -0.25) is 9.78 Å².